The van der Waals surface area contributed by atoms with Gasteiger partial charge in [-0.1, -0.05) is 152 Å². The van der Waals surface area contributed by atoms with Crippen LogP contribution in [0.15, 0.2) is 180 Å². The number of hydrogen-bond donors (Lipinski definition) is 0. The third-order valence-corrected chi connectivity index (χ3v) is 9.69. The molecule has 4 heteroatoms. The first-order valence-corrected chi connectivity index (χ1v) is 17.1. The molecule has 0 aliphatic rings. The summed E-state index contributed by atoms with van der Waals surface area (Å²) in [7, 11) is 0. The molecule has 0 amide bonds. The van der Waals surface area contributed by atoms with E-state index in [0.29, 0.717) is 17.5 Å². The Labute approximate surface area is 294 Å². The van der Waals surface area contributed by atoms with Crippen LogP contribution in [0, 0.1) is 0 Å². The molecule has 4 nitrogen and oxygen atoms in total. The molecule has 10 rings (SSSR count). The number of hydrogen-bond acceptors (Lipinski definition) is 4. The van der Waals surface area contributed by atoms with Gasteiger partial charge in [-0.15, -0.1) is 0 Å². The van der Waals surface area contributed by atoms with Crippen molar-refractivity contribution in [3.05, 3.63) is 176 Å². The van der Waals surface area contributed by atoms with Crippen molar-refractivity contribution < 1.29 is 4.42 Å². The molecule has 0 radical (unpaired) electrons. The van der Waals surface area contributed by atoms with Crippen LogP contribution in [0.5, 0.6) is 0 Å². The minimum absolute atomic E-state index is 0.564. The monoisotopic (exact) mass is 651 g/mol. The van der Waals surface area contributed by atoms with Gasteiger partial charge in [-0.3, -0.25) is 0 Å². The second kappa shape index (κ2) is 11.9. The average Bonchev–Trinajstić information content (AvgIpc) is 3.58. The molecule has 0 aliphatic heterocycles. The molecule has 0 unspecified atom stereocenters. The Morgan fingerprint density at radius 3 is 1.75 bits per heavy atom. The number of rotatable bonds is 5. The number of nitrogens with zero attached hydrogens (tertiary/aromatic N) is 3. The fourth-order valence-electron chi connectivity index (χ4n) is 7.21. The van der Waals surface area contributed by atoms with Crippen molar-refractivity contribution in [2.45, 2.75) is 0 Å². The number of fused-ring (bicyclic) bond motifs is 5. The van der Waals surface area contributed by atoms with Crippen LogP contribution in [-0.4, -0.2) is 15.0 Å². The summed E-state index contributed by atoms with van der Waals surface area (Å²) in [5.41, 5.74) is 8.76. The Bertz CT molecular complexity index is 2910. The average molecular weight is 652 g/mol. The van der Waals surface area contributed by atoms with Gasteiger partial charge in [0.1, 0.15) is 11.2 Å². The zero-order chi connectivity index (χ0) is 33.7. The van der Waals surface area contributed by atoms with Crippen molar-refractivity contribution in [2.75, 3.05) is 0 Å². The molecule has 238 valence electrons. The minimum atomic E-state index is 0.564. The van der Waals surface area contributed by atoms with Gasteiger partial charge in [-0.25, -0.2) is 15.0 Å². The van der Waals surface area contributed by atoms with E-state index in [1.807, 2.05) is 36.4 Å². The Morgan fingerprint density at radius 1 is 0.314 bits per heavy atom. The molecule has 0 saturated carbocycles. The van der Waals surface area contributed by atoms with E-state index in [4.69, 9.17) is 19.4 Å². The first-order chi connectivity index (χ1) is 25.3. The molecule has 10 aromatic rings. The largest absolute Gasteiger partial charge is 0.455 e. The lowest BCUT2D eigenvalue weighted by Gasteiger charge is -2.10. The van der Waals surface area contributed by atoms with Gasteiger partial charge in [0.05, 0.1) is 5.56 Å². The molecule has 0 aliphatic carbocycles. The fourth-order valence-corrected chi connectivity index (χ4v) is 7.21. The van der Waals surface area contributed by atoms with E-state index in [2.05, 4.69) is 140 Å². The smallest absolute Gasteiger partial charge is 0.167 e. The van der Waals surface area contributed by atoms with Crippen LogP contribution in [0.25, 0.3) is 99.9 Å². The highest BCUT2D eigenvalue weighted by atomic mass is 16.3. The van der Waals surface area contributed by atoms with E-state index in [-0.39, 0.29) is 0 Å². The van der Waals surface area contributed by atoms with Crippen LogP contribution < -0.4 is 0 Å². The maximum absolute atomic E-state index is 7.03. The zero-order valence-corrected chi connectivity index (χ0v) is 27.5. The normalized spacial score (nSPS) is 11.5. The van der Waals surface area contributed by atoms with Gasteiger partial charge in [0.15, 0.2) is 17.5 Å². The van der Waals surface area contributed by atoms with Crippen LogP contribution in [0.1, 0.15) is 0 Å². The molecule has 0 fully saturated rings. The summed E-state index contributed by atoms with van der Waals surface area (Å²) in [5.74, 6) is 1.79. The quantitative estimate of drug-likeness (QED) is 0.186. The van der Waals surface area contributed by atoms with Crippen LogP contribution in [0.3, 0.4) is 0 Å². The highest BCUT2D eigenvalue weighted by molar-refractivity contribution is 6.20. The Hall–Kier alpha value is -6.91. The molecule has 2 heterocycles. The molecule has 0 spiro atoms. The number of aromatic nitrogens is 3. The summed E-state index contributed by atoms with van der Waals surface area (Å²) in [6.45, 7) is 0. The van der Waals surface area contributed by atoms with E-state index in [1.165, 1.54) is 10.9 Å². The Kier molecular flexibility index (Phi) is 6.78. The molecule has 2 aromatic heterocycles. The van der Waals surface area contributed by atoms with E-state index in [1.54, 1.807) is 0 Å². The van der Waals surface area contributed by atoms with E-state index in [9.17, 15) is 0 Å². The second-order valence-electron chi connectivity index (χ2n) is 12.8. The van der Waals surface area contributed by atoms with E-state index < -0.39 is 0 Å². The maximum Gasteiger partial charge on any atom is 0.167 e. The van der Waals surface area contributed by atoms with Crippen molar-refractivity contribution in [1.29, 1.82) is 0 Å². The van der Waals surface area contributed by atoms with E-state index in [0.717, 1.165) is 71.5 Å². The molecule has 51 heavy (non-hydrogen) atoms. The first-order valence-electron chi connectivity index (χ1n) is 17.1. The van der Waals surface area contributed by atoms with Crippen LogP contribution in [0.4, 0.5) is 0 Å². The summed E-state index contributed by atoms with van der Waals surface area (Å²) in [4.78, 5) is 15.2. The van der Waals surface area contributed by atoms with Crippen molar-refractivity contribution >= 4 is 43.5 Å². The fraction of sp³-hybridized carbons (Fsp3) is 0. The third kappa shape index (κ3) is 5.04. The van der Waals surface area contributed by atoms with Gasteiger partial charge < -0.3 is 4.42 Å². The van der Waals surface area contributed by atoms with Crippen LogP contribution in [0.2, 0.25) is 0 Å². The molecule has 0 N–H and O–H groups in total. The van der Waals surface area contributed by atoms with Gasteiger partial charge in [0.2, 0.25) is 0 Å². The molecular weight excluding hydrogens is 623 g/mol. The predicted molar refractivity (Wildman–Crippen MR) is 209 cm³/mol. The summed E-state index contributed by atoms with van der Waals surface area (Å²) >= 11 is 0. The van der Waals surface area contributed by atoms with Crippen LogP contribution >= 0.6 is 0 Å². The SMILES string of the molecule is c1ccc(-c2cccc(-c3c4ccccc4cc4c3oc3c(-c5nc(-c6ccccc6)nc(-c6ccc7ccccc7c6)n5)cccc34)c2)cc1. The Balaban J connectivity index is 1.22. The maximum atomic E-state index is 7.03. The number of furan rings is 1. The van der Waals surface area contributed by atoms with Gasteiger partial charge in [-0.05, 0) is 62.5 Å². The highest BCUT2D eigenvalue weighted by Gasteiger charge is 2.21. The summed E-state index contributed by atoms with van der Waals surface area (Å²) in [5, 5.41) is 6.67. The van der Waals surface area contributed by atoms with Crippen molar-refractivity contribution in [3.63, 3.8) is 0 Å². The summed E-state index contributed by atoms with van der Waals surface area (Å²) in [6, 6.07) is 61.0. The first kappa shape index (κ1) is 29.0. The highest BCUT2D eigenvalue weighted by Crippen LogP contribution is 2.44. The molecular formula is C47H29N3O. The number of benzene rings is 8. The second-order valence-corrected chi connectivity index (χ2v) is 12.8. The molecule has 0 saturated heterocycles. The van der Waals surface area contributed by atoms with Gasteiger partial charge >= 0.3 is 0 Å². The Morgan fingerprint density at radius 2 is 0.922 bits per heavy atom. The molecule has 8 aromatic carbocycles. The molecule has 0 bridgehead atoms. The third-order valence-electron chi connectivity index (χ3n) is 9.69. The van der Waals surface area contributed by atoms with Crippen molar-refractivity contribution in [3.8, 4) is 56.4 Å². The standard InChI is InChI=1S/C47H29N3O/c1-3-13-30(14-4-1)34-20-11-21-36(27-34)42-38-22-10-9-19-35(38)29-41-39-23-12-24-40(43(39)51-44(41)42)47-49-45(32-16-5-2-6-17-32)48-46(50-47)37-26-25-31-15-7-8-18-33(31)28-37/h1-29H. The lowest BCUT2D eigenvalue weighted by molar-refractivity contribution is 0.671. The van der Waals surface area contributed by atoms with Crippen molar-refractivity contribution in [1.82, 2.24) is 15.0 Å². The van der Waals surface area contributed by atoms with Crippen LogP contribution in [-0.2, 0) is 0 Å². The summed E-state index contributed by atoms with van der Waals surface area (Å²) in [6.07, 6.45) is 0. The molecule has 0 atom stereocenters. The lowest BCUT2D eigenvalue weighted by Crippen LogP contribution is -2.00. The van der Waals surface area contributed by atoms with Crippen molar-refractivity contribution in [2.24, 2.45) is 0 Å². The predicted octanol–water partition coefficient (Wildman–Crippen LogP) is 12.4. The number of para-hydroxylation sites is 1. The van der Waals surface area contributed by atoms with E-state index >= 15 is 0 Å². The van der Waals surface area contributed by atoms with Gasteiger partial charge in [0, 0.05) is 27.5 Å². The topological polar surface area (TPSA) is 51.8 Å². The zero-order valence-electron chi connectivity index (χ0n) is 27.5. The lowest BCUT2D eigenvalue weighted by atomic mass is 9.93. The summed E-state index contributed by atoms with van der Waals surface area (Å²) < 4.78 is 7.03. The minimum Gasteiger partial charge on any atom is -0.455 e. The van der Waals surface area contributed by atoms with Gasteiger partial charge in [0.25, 0.3) is 0 Å². The van der Waals surface area contributed by atoms with Gasteiger partial charge in [-0.2, -0.15) is 0 Å².